The van der Waals surface area contributed by atoms with Gasteiger partial charge in [0, 0.05) is 18.2 Å². The molecule has 0 bridgehead atoms. The van der Waals surface area contributed by atoms with Crippen molar-refractivity contribution < 1.29 is 13.2 Å². The van der Waals surface area contributed by atoms with Crippen LogP contribution in [-0.2, 0) is 10.0 Å². The first-order valence-corrected chi connectivity index (χ1v) is 9.51. The van der Waals surface area contributed by atoms with Crippen molar-refractivity contribution in [2.75, 3.05) is 6.54 Å². The predicted molar refractivity (Wildman–Crippen MR) is 93.6 cm³/mol. The molecule has 4 nitrogen and oxygen atoms in total. The molecular weight excluding hydrogens is 322 g/mol. The number of Topliss-reactive ketones (excluding diaryl/α,β-unsaturated/α-hetero) is 1. The maximum atomic E-state index is 13.0. The van der Waals surface area contributed by atoms with E-state index in [1.165, 1.54) is 18.6 Å². The fraction of sp³-hybridized carbons (Fsp3) is 0.316. The molecule has 0 aromatic heterocycles. The number of sulfonamides is 1. The van der Waals surface area contributed by atoms with Crippen molar-refractivity contribution in [2.45, 2.75) is 37.1 Å². The molecule has 1 heterocycles. The van der Waals surface area contributed by atoms with Crippen LogP contribution in [-0.4, -0.2) is 31.1 Å². The molecule has 2 aromatic carbocycles. The van der Waals surface area contributed by atoms with Crippen molar-refractivity contribution in [1.29, 1.82) is 0 Å². The van der Waals surface area contributed by atoms with Gasteiger partial charge in [-0.3, -0.25) is 4.79 Å². The quantitative estimate of drug-likeness (QED) is 0.799. The largest absolute Gasteiger partial charge is 0.295 e. The lowest BCUT2D eigenvalue weighted by Gasteiger charge is -2.21. The zero-order valence-corrected chi connectivity index (χ0v) is 14.7. The number of carbonyl (C=O) groups is 1. The molecule has 0 radical (unpaired) electrons. The van der Waals surface area contributed by atoms with Crippen LogP contribution < -0.4 is 0 Å². The maximum absolute atomic E-state index is 13.0. The van der Waals surface area contributed by atoms with Gasteiger partial charge in [-0.05, 0) is 43.9 Å². The van der Waals surface area contributed by atoms with Gasteiger partial charge >= 0.3 is 0 Å². The number of benzene rings is 2. The van der Waals surface area contributed by atoms with Crippen LogP contribution in [0.4, 0.5) is 0 Å². The molecule has 1 saturated heterocycles. The van der Waals surface area contributed by atoms with Crippen LogP contribution in [0.25, 0.3) is 0 Å². The molecule has 1 fully saturated rings. The van der Waals surface area contributed by atoms with Crippen molar-refractivity contribution in [3.63, 3.8) is 0 Å². The molecular formula is C19H21NO3S. The summed E-state index contributed by atoms with van der Waals surface area (Å²) in [5.74, 6) is 0.0654. The standard InChI is InChI=1S/C19H21NO3S/c1-14-11-18(16-7-4-3-5-8-16)13-20(14)24(22,23)19-10-6-9-17(12-19)15(2)21/h3-10,12,14,18H,11,13H2,1-2H3. The molecule has 0 N–H and O–H groups in total. The van der Waals surface area contributed by atoms with Crippen LogP contribution in [0, 0.1) is 0 Å². The third-order valence-corrected chi connectivity index (χ3v) is 6.61. The van der Waals surface area contributed by atoms with Crippen LogP contribution in [0.1, 0.15) is 42.1 Å². The van der Waals surface area contributed by atoms with Gasteiger partial charge in [0.2, 0.25) is 10.0 Å². The minimum atomic E-state index is -3.60. The summed E-state index contributed by atoms with van der Waals surface area (Å²) in [6, 6.07) is 16.2. The number of hydrogen-bond acceptors (Lipinski definition) is 3. The van der Waals surface area contributed by atoms with Crippen LogP contribution in [0.15, 0.2) is 59.5 Å². The van der Waals surface area contributed by atoms with Gasteiger partial charge in [-0.25, -0.2) is 8.42 Å². The lowest BCUT2D eigenvalue weighted by Crippen LogP contribution is -2.34. The molecule has 1 aliphatic heterocycles. The number of carbonyl (C=O) groups excluding carboxylic acids is 1. The summed E-state index contributed by atoms with van der Waals surface area (Å²) >= 11 is 0. The first-order chi connectivity index (χ1) is 11.4. The SMILES string of the molecule is CC(=O)c1cccc(S(=O)(=O)N2CC(c3ccccc3)CC2C)c1. The Balaban J connectivity index is 1.90. The monoisotopic (exact) mass is 343 g/mol. The number of nitrogens with zero attached hydrogens (tertiary/aromatic N) is 1. The minimum absolute atomic E-state index is 0.0683. The second-order valence-corrected chi connectivity index (χ2v) is 8.24. The van der Waals surface area contributed by atoms with Crippen molar-refractivity contribution in [2.24, 2.45) is 0 Å². The Labute approximate surface area is 143 Å². The van der Waals surface area contributed by atoms with Crippen LogP contribution in [0.2, 0.25) is 0 Å². The Hall–Kier alpha value is -1.98. The molecule has 2 atom stereocenters. The van der Waals surface area contributed by atoms with E-state index in [2.05, 4.69) is 0 Å². The van der Waals surface area contributed by atoms with Gasteiger partial charge in [0.25, 0.3) is 0 Å². The Morgan fingerprint density at radius 3 is 2.46 bits per heavy atom. The highest BCUT2D eigenvalue weighted by molar-refractivity contribution is 7.89. The molecule has 2 aromatic rings. The summed E-state index contributed by atoms with van der Waals surface area (Å²) in [4.78, 5) is 11.7. The lowest BCUT2D eigenvalue weighted by molar-refractivity contribution is 0.101. The molecule has 126 valence electrons. The molecule has 0 aliphatic carbocycles. The Bertz CT molecular complexity index is 846. The van der Waals surface area contributed by atoms with E-state index in [0.717, 1.165) is 6.42 Å². The molecule has 0 spiro atoms. The van der Waals surface area contributed by atoms with Gasteiger partial charge in [0.1, 0.15) is 0 Å². The number of ketones is 1. The first kappa shape index (κ1) is 16.9. The minimum Gasteiger partial charge on any atom is -0.295 e. The number of rotatable bonds is 4. The second-order valence-electron chi connectivity index (χ2n) is 6.35. The molecule has 3 rings (SSSR count). The summed E-state index contributed by atoms with van der Waals surface area (Å²) in [6.45, 7) is 3.85. The van der Waals surface area contributed by atoms with Crippen LogP contribution in [0.5, 0.6) is 0 Å². The van der Waals surface area contributed by atoms with E-state index < -0.39 is 10.0 Å². The molecule has 5 heteroatoms. The predicted octanol–water partition coefficient (Wildman–Crippen LogP) is 3.46. The van der Waals surface area contributed by atoms with Crippen molar-refractivity contribution in [3.05, 3.63) is 65.7 Å². The van der Waals surface area contributed by atoms with E-state index in [-0.39, 0.29) is 22.6 Å². The van der Waals surface area contributed by atoms with Gasteiger partial charge < -0.3 is 0 Å². The van der Waals surface area contributed by atoms with Gasteiger partial charge in [0.05, 0.1) is 4.90 Å². The van der Waals surface area contributed by atoms with E-state index in [1.54, 1.807) is 22.5 Å². The fourth-order valence-corrected chi connectivity index (χ4v) is 5.05. The van der Waals surface area contributed by atoms with Crippen LogP contribution in [0.3, 0.4) is 0 Å². The van der Waals surface area contributed by atoms with E-state index in [0.29, 0.717) is 12.1 Å². The van der Waals surface area contributed by atoms with Crippen molar-refractivity contribution in [1.82, 2.24) is 4.31 Å². The average Bonchev–Trinajstić information content (AvgIpc) is 2.98. The normalized spacial score (nSPS) is 21.8. The maximum Gasteiger partial charge on any atom is 0.243 e. The second kappa shape index (κ2) is 6.49. The van der Waals surface area contributed by atoms with Crippen molar-refractivity contribution >= 4 is 15.8 Å². The van der Waals surface area contributed by atoms with E-state index in [4.69, 9.17) is 0 Å². The molecule has 24 heavy (non-hydrogen) atoms. The average molecular weight is 343 g/mol. The van der Waals surface area contributed by atoms with Gasteiger partial charge in [-0.1, -0.05) is 42.5 Å². The first-order valence-electron chi connectivity index (χ1n) is 8.07. The fourth-order valence-electron chi connectivity index (χ4n) is 3.31. The van der Waals surface area contributed by atoms with Crippen LogP contribution >= 0.6 is 0 Å². The summed E-state index contributed by atoms with van der Waals surface area (Å²) in [5, 5.41) is 0. The smallest absolute Gasteiger partial charge is 0.243 e. The Morgan fingerprint density at radius 2 is 1.79 bits per heavy atom. The number of hydrogen-bond donors (Lipinski definition) is 0. The van der Waals surface area contributed by atoms with Gasteiger partial charge in [-0.2, -0.15) is 4.31 Å². The third-order valence-electron chi connectivity index (χ3n) is 4.64. The van der Waals surface area contributed by atoms with E-state index in [1.807, 2.05) is 37.3 Å². The summed E-state index contributed by atoms with van der Waals surface area (Å²) in [5.41, 5.74) is 1.59. The molecule has 0 saturated carbocycles. The highest BCUT2D eigenvalue weighted by atomic mass is 32.2. The highest BCUT2D eigenvalue weighted by Gasteiger charge is 2.38. The van der Waals surface area contributed by atoms with Crippen molar-refractivity contribution in [3.8, 4) is 0 Å². The zero-order valence-electron chi connectivity index (χ0n) is 13.8. The van der Waals surface area contributed by atoms with Gasteiger partial charge in [-0.15, -0.1) is 0 Å². The highest BCUT2D eigenvalue weighted by Crippen LogP contribution is 2.35. The molecule has 0 amide bonds. The topological polar surface area (TPSA) is 54.5 Å². The van der Waals surface area contributed by atoms with E-state index in [9.17, 15) is 13.2 Å². The van der Waals surface area contributed by atoms with E-state index >= 15 is 0 Å². The molecule has 1 aliphatic rings. The summed E-state index contributed by atoms with van der Waals surface area (Å²) in [7, 11) is -3.60. The Morgan fingerprint density at radius 1 is 1.08 bits per heavy atom. The zero-order chi connectivity index (χ0) is 17.3. The summed E-state index contributed by atoms with van der Waals surface area (Å²) in [6.07, 6.45) is 0.801. The Kier molecular flexibility index (Phi) is 4.56. The van der Waals surface area contributed by atoms with Gasteiger partial charge in [0.15, 0.2) is 5.78 Å². The molecule has 2 unspecified atom stereocenters. The third kappa shape index (κ3) is 3.14. The summed E-state index contributed by atoms with van der Waals surface area (Å²) < 4.78 is 27.6. The lowest BCUT2D eigenvalue weighted by atomic mass is 9.97.